The minimum absolute atomic E-state index is 0.462. The minimum Gasteiger partial charge on any atom is -0.300 e. The van der Waals surface area contributed by atoms with Gasteiger partial charge in [0.25, 0.3) is 0 Å². The number of hydrogen-bond acceptors (Lipinski definition) is 2. The van der Waals surface area contributed by atoms with E-state index < -0.39 is 0 Å². The first kappa shape index (κ1) is 10.1. The summed E-state index contributed by atoms with van der Waals surface area (Å²) in [5, 5.41) is 0.649. The Morgan fingerprint density at radius 3 is 2.83 bits per heavy atom. The summed E-state index contributed by atoms with van der Waals surface area (Å²) in [5.41, 5.74) is 0. The first-order valence-electron chi connectivity index (χ1n) is 4.82. The molecule has 2 heteroatoms. The van der Waals surface area contributed by atoms with Crippen LogP contribution in [0.25, 0.3) is 0 Å². The third-order valence-electron chi connectivity index (χ3n) is 2.12. The van der Waals surface area contributed by atoms with Crippen molar-refractivity contribution >= 4 is 17.5 Å². The van der Waals surface area contributed by atoms with Gasteiger partial charge in [-0.3, -0.25) is 4.79 Å². The maximum absolute atomic E-state index is 11.4. The minimum atomic E-state index is 0.462. The van der Waals surface area contributed by atoms with Crippen molar-refractivity contribution in [3.8, 4) is 0 Å². The van der Waals surface area contributed by atoms with Crippen LogP contribution in [0.2, 0.25) is 0 Å². The third kappa shape index (κ3) is 3.61. The van der Waals surface area contributed by atoms with E-state index in [0.29, 0.717) is 17.0 Å². The van der Waals surface area contributed by atoms with Crippen LogP contribution < -0.4 is 0 Å². The molecule has 1 unspecified atom stereocenters. The molecule has 0 spiro atoms. The molecule has 1 atom stereocenters. The normalized spacial score (nSPS) is 23.4. The first-order valence-corrected chi connectivity index (χ1v) is 5.86. The van der Waals surface area contributed by atoms with E-state index in [1.54, 1.807) is 0 Å². The van der Waals surface area contributed by atoms with Crippen LogP contribution in [-0.2, 0) is 4.79 Å². The van der Waals surface area contributed by atoms with Crippen LogP contribution in [-0.4, -0.2) is 16.8 Å². The van der Waals surface area contributed by atoms with Gasteiger partial charge in [-0.1, -0.05) is 13.8 Å². The van der Waals surface area contributed by atoms with E-state index in [-0.39, 0.29) is 0 Å². The first-order chi connectivity index (χ1) is 5.68. The molecule has 1 rings (SSSR count). The lowest BCUT2D eigenvalue weighted by molar-refractivity contribution is -0.119. The van der Waals surface area contributed by atoms with Gasteiger partial charge in [0.05, 0.1) is 0 Å². The highest BCUT2D eigenvalue weighted by Gasteiger charge is 2.18. The van der Waals surface area contributed by atoms with Gasteiger partial charge in [-0.2, -0.15) is 11.8 Å². The van der Waals surface area contributed by atoms with E-state index in [4.69, 9.17) is 0 Å². The molecule has 1 fully saturated rings. The Hall–Kier alpha value is 0.0200. The van der Waals surface area contributed by atoms with Gasteiger partial charge in [0, 0.05) is 18.1 Å². The predicted octanol–water partition coefficient (Wildman–Crippen LogP) is 2.89. The molecule has 12 heavy (non-hydrogen) atoms. The highest BCUT2D eigenvalue weighted by atomic mass is 32.2. The van der Waals surface area contributed by atoms with Gasteiger partial charge >= 0.3 is 0 Å². The van der Waals surface area contributed by atoms with Crippen LogP contribution in [0.3, 0.4) is 0 Å². The molecule has 0 amide bonds. The number of carbonyl (C=O) groups is 1. The summed E-state index contributed by atoms with van der Waals surface area (Å²) in [7, 11) is 0. The van der Waals surface area contributed by atoms with Gasteiger partial charge in [-0.15, -0.1) is 0 Å². The van der Waals surface area contributed by atoms with Crippen molar-refractivity contribution in [2.75, 3.05) is 5.75 Å². The molecule has 0 N–H and O–H groups in total. The number of rotatable bonds is 4. The molecule has 0 radical (unpaired) electrons. The van der Waals surface area contributed by atoms with Gasteiger partial charge in [0.1, 0.15) is 5.78 Å². The Morgan fingerprint density at radius 2 is 2.33 bits per heavy atom. The van der Waals surface area contributed by atoms with E-state index in [9.17, 15) is 4.79 Å². The molecule has 1 saturated heterocycles. The molecular formula is C10H18OS. The SMILES string of the molecule is CC(C)CC(=O)CC1CCCS1. The second-order valence-electron chi connectivity index (χ2n) is 3.98. The summed E-state index contributed by atoms with van der Waals surface area (Å²) in [6, 6.07) is 0. The summed E-state index contributed by atoms with van der Waals surface area (Å²) in [5.74, 6) is 2.26. The third-order valence-corrected chi connectivity index (χ3v) is 3.51. The van der Waals surface area contributed by atoms with Crippen molar-refractivity contribution in [1.82, 2.24) is 0 Å². The fourth-order valence-electron chi connectivity index (χ4n) is 1.60. The highest BCUT2D eigenvalue weighted by Crippen LogP contribution is 2.29. The highest BCUT2D eigenvalue weighted by molar-refractivity contribution is 8.00. The molecular weight excluding hydrogens is 168 g/mol. The molecule has 0 aromatic heterocycles. The second kappa shape index (κ2) is 4.90. The van der Waals surface area contributed by atoms with Crippen molar-refractivity contribution in [2.24, 2.45) is 5.92 Å². The van der Waals surface area contributed by atoms with Crippen molar-refractivity contribution in [3.05, 3.63) is 0 Å². The summed E-state index contributed by atoms with van der Waals surface area (Å²) in [6.45, 7) is 4.22. The fourth-order valence-corrected chi connectivity index (χ4v) is 2.90. The number of hydrogen-bond donors (Lipinski definition) is 0. The molecule has 1 heterocycles. The molecule has 1 aliphatic heterocycles. The maximum atomic E-state index is 11.4. The monoisotopic (exact) mass is 186 g/mol. The molecule has 0 saturated carbocycles. The van der Waals surface area contributed by atoms with Crippen LogP contribution in [0, 0.1) is 5.92 Å². The zero-order valence-corrected chi connectivity index (χ0v) is 8.82. The molecule has 1 aliphatic rings. The topological polar surface area (TPSA) is 17.1 Å². The predicted molar refractivity (Wildman–Crippen MR) is 54.6 cm³/mol. The molecule has 70 valence electrons. The van der Waals surface area contributed by atoms with Crippen LogP contribution in [0.5, 0.6) is 0 Å². The quantitative estimate of drug-likeness (QED) is 0.671. The number of carbonyl (C=O) groups excluding carboxylic acids is 1. The zero-order valence-electron chi connectivity index (χ0n) is 8.01. The lowest BCUT2D eigenvalue weighted by Crippen LogP contribution is -2.09. The number of Topliss-reactive ketones (excluding diaryl/α,β-unsaturated/α-hetero) is 1. The zero-order chi connectivity index (χ0) is 8.97. The van der Waals surface area contributed by atoms with E-state index in [1.807, 2.05) is 11.8 Å². The van der Waals surface area contributed by atoms with E-state index >= 15 is 0 Å². The van der Waals surface area contributed by atoms with Gasteiger partial charge in [0.2, 0.25) is 0 Å². The summed E-state index contributed by atoms with van der Waals surface area (Å²) >= 11 is 1.98. The number of thioether (sulfide) groups is 1. The molecule has 0 aromatic carbocycles. The Balaban J connectivity index is 2.16. The molecule has 0 aliphatic carbocycles. The fraction of sp³-hybridized carbons (Fsp3) is 0.900. The average Bonchev–Trinajstić information content (AvgIpc) is 2.37. The van der Waals surface area contributed by atoms with Gasteiger partial charge in [0.15, 0.2) is 0 Å². The molecule has 0 aromatic rings. The van der Waals surface area contributed by atoms with E-state index in [0.717, 1.165) is 12.8 Å². The van der Waals surface area contributed by atoms with Crippen molar-refractivity contribution < 1.29 is 4.79 Å². The number of ketones is 1. The largest absolute Gasteiger partial charge is 0.300 e. The van der Waals surface area contributed by atoms with Gasteiger partial charge < -0.3 is 0 Å². The van der Waals surface area contributed by atoms with E-state index in [2.05, 4.69) is 13.8 Å². The maximum Gasteiger partial charge on any atom is 0.134 e. The standard InChI is InChI=1S/C10H18OS/c1-8(2)6-9(11)7-10-4-3-5-12-10/h8,10H,3-7H2,1-2H3. The lowest BCUT2D eigenvalue weighted by Gasteiger charge is -2.08. The Labute approximate surface area is 79.3 Å². The summed E-state index contributed by atoms with van der Waals surface area (Å²) in [4.78, 5) is 11.4. The second-order valence-corrected chi connectivity index (χ2v) is 5.38. The van der Waals surface area contributed by atoms with Crippen LogP contribution in [0.15, 0.2) is 0 Å². The lowest BCUT2D eigenvalue weighted by atomic mass is 10.0. The van der Waals surface area contributed by atoms with Crippen LogP contribution >= 0.6 is 11.8 Å². The van der Waals surface area contributed by atoms with E-state index in [1.165, 1.54) is 18.6 Å². The summed E-state index contributed by atoms with van der Waals surface area (Å²) in [6.07, 6.45) is 4.17. The van der Waals surface area contributed by atoms with Crippen molar-refractivity contribution in [2.45, 2.75) is 44.8 Å². The Bertz CT molecular complexity index is 148. The van der Waals surface area contributed by atoms with Gasteiger partial charge in [-0.25, -0.2) is 0 Å². The molecule has 0 bridgehead atoms. The molecule has 1 nitrogen and oxygen atoms in total. The Kier molecular flexibility index (Phi) is 4.13. The van der Waals surface area contributed by atoms with Crippen LogP contribution in [0.4, 0.5) is 0 Å². The smallest absolute Gasteiger partial charge is 0.134 e. The summed E-state index contributed by atoms with van der Waals surface area (Å²) < 4.78 is 0. The van der Waals surface area contributed by atoms with Gasteiger partial charge in [-0.05, 0) is 24.5 Å². The van der Waals surface area contributed by atoms with Crippen LogP contribution in [0.1, 0.15) is 39.5 Å². The Morgan fingerprint density at radius 1 is 1.58 bits per heavy atom. The average molecular weight is 186 g/mol. The van der Waals surface area contributed by atoms with Crippen molar-refractivity contribution in [1.29, 1.82) is 0 Å². The van der Waals surface area contributed by atoms with Crippen molar-refractivity contribution in [3.63, 3.8) is 0 Å².